The lowest BCUT2D eigenvalue weighted by Crippen LogP contribution is -2.58. The lowest BCUT2D eigenvalue weighted by atomic mass is 10.0. The van der Waals surface area contributed by atoms with Crippen LogP contribution in [0.4, 0.5) is 0 Å². The Kier molecular flexibility index (Phi) is 4.42. The molecule has 0 saturated carbocycles. The van der Waals surface area contributed by atoms with E-state index < -0.39 is 9.84 Å². The van der Waals surface area contributed by atoms with Crippen molar-refractivity contribution >= 4 is 21.2 Å². The molecule has 0 spiro atoms. The highest BCUT2D eigenvalue weighted by molar-refractivity contribution is 7.91. The maximum atomic E-state index is 12.3. The van der Waals surface area contributed by atoms with E-state index in [1.165, 1.54) is 5.56 Å². The van der Waals surface area contributed by atoms with Crippen LogP contribution in [0.5, 0.6) is 0 Å². The predicted molar refractivity (Wildman–Crippen MR) is 95.6 cm³/mol. The molecular formula is C17H21N3O2S2. The van der Waals surface area contributed by atoms with Crippen LogP contribution in [0.3, 0.4) is 0 Å². The Morgan fingerprint density at radius 1 is 1.08 bits per heavy atom. The number of sulfone groups is 1. The van der Waals surface area contributed by atoms with Crippen molar-refractivity contribution in [2.75, 3.05) is 24.6 Å². The largest absolute Gasteiger partial charge is 0.292 e. The first kappa shape index (κ1) is 16.2. The van der Waals surface area contributed by atoms with Crippen LogP contribution in [0, 0.1) is 0 Å². The van der Waals surface area contributed by atoms with Gasteiger partial charge in [0.1, 0.15) is 0 Å². The molecule has 2 aliphatic rings. The van der Waals surface area contributed by atoms with Crippen molar-refractivity contribution in [2.45, 2.75) is 25.2 Å². The van der Waals surface area contributed by atoms with Gasteiger partial charge in [-0.25, -0.2) is 8.42 Å². The minimum atomic E-state index is -2.96. The molecule has 0 bridgehead atoms. The van der Waals surface area contributed by atoms with Gasteiger partial charge in [-0.05, 0) is 34.0 Å². The van der Waals surface area contributed by atoms with Gasteiger partial charge in [0.15, 0.2) is 9.84 Å². The minimum Gasteiger partial charge on any atom is -0.292 e. The molecule has 4 rings (SSSR count). The summed E-state index contributed by atoms with van der Waals surface area (Å²) in [4.78, 5) is 8.86. The van der Waals surface area contributed by atoms with Gasteiger partial charge in [0, 0.05) is 50.7 Å². The quantitative estimate of drug-likeness (QED) is 0.826. The summed E-state index contributed by atoms with van der Waals surface area (Å²) in [5.41, 5.74) is 2.43. The first-order valence-corrected chi connectivity index (χ1v) is 11.0. The summed E-state index contributed by atoms with van der Waals surface area (Å²) in [6.07, 6.45) is 3.64. The van der Waals surface area contributed by atoms with E-state index in [1.807, 2.05) is 12.3 Å². The lowest BCUT2D eigenvalue weighted by Gasteiger charge is -2.44. The third-order valence-corrected chi connectivity index (χ3v) is 7.41. The fourth-order valence-electron chi connectivity index (χ4n) is 3.83. The molecule has 0 aliphatic carbocycles. The highest BCUT2D eigenvalue weighted by atomic mass is 32.2. The van der Waals surface area contributed by atoms with Crippen molar-refractivity contribution in [3.63, 3.8) is 0 Å². The fourth-order valence-corrected chi connectivity index (χ4v) is 6.54. The normalized spacial score (nSPS) is 27.2. The van der Waals surface area contributed by atoms with Crippen molar-refractivity contribution < 1.29 is 8.42 Å². The van der Waals surface area contributed by atoms with E-state index >= 15 is 0 Å². The van der Waals surface area contributed by atoms with E-state index in [1.54, 1.807) is 17.5 Å². The maximum absolute atomic E-state index is 12.3. The Hall–Kier alpha value is -1.28. The Morgan fingerprint density at radius 2 is 1.79 bits per heavy atom. The second-order valence-electron chi connectivity index (χ2n) is 6.65. The van der Waals surface area contributed by atoms with Crippen LogP contribution in [0.25, 0.3) is 0 Å². The van der Waals surface area contributed by atoms with Gasteiger partial charge in [-0.3, -0.25) is 14.8 Å². The summed E-state index contributed by atoms with van der Waals surface area (Å²) < 4.78 is 24.6. The van der Waals surface area contributed by atoms with E-state index in [-0.39, 0.29) is 23.6 Å². The number of hydrogen-bond donors (Lipinski definition) is 0. The number of nitrogens with zero attached hydrogens (tertiary/aromatic N) is 3. The van der Waals surface area contributed by atoms with Gasteiger partial charge in [0.2, 0.25) is 0 Å². The summed E-state index contributed by atoms with van der Waals surface area (Å²) in [5, 5.41) is 4.23. The van der Waals surface area contributed by atoms with E-state index in [4.69, 9.17) is 0 Å². The summed E-state index contributed by atoms with van der Waals surface area (Å²) in [7, 11) is -2.96. The van der Waals surface area contributed by atoms with Crippen molar-refractivity contribution in [1.82, 2.24) is 14.8 Å². The molecule has 2 saturated heterocycles. The molecule has 2 aliphatic heterocycles. The molecule has 0 radical (unpaired) electrons. The second-order valence-corrected chi connectivity index (χ2v) is 9.58. The summed E-state index contributed by atoms with van der Waals surface area (Å²) in [6.45, 7) is 3.43. The van der Waals surface area contributed by atoms with Crippen LogP contribution in [-0.2, 0) is 22.9 Å². The minimum absolute atomic E-state index is 0.0857. The number of hydrogen-bond acceptors (Lipinski definition) is 6. The van der Waals surface area contributed by atoms with Crippen LogP contribution >= 0.6 is 11.3 Å². The van der Waals surface area contributed by atoms with Gasteiger partial charge in [0.25, 0.3) is 0 Å². The molecule has 5 nitrogen and oxygen atoms in total. The molecule has 0 N–H and O–H groups in total. The van der Waals surface area contributed by atoms with Gasteiger partial charge in [-0.1, -0.05) is 6.07 Å². The van der Waals surface area contributed by atoms with Gasteiger partial charge < -0.3 is 0 Å². The Bertz CT molecular complexity index is 777. The van der Waals surface area contributed by atoms with Gasteiger partial charge >= 0.3 is 0 Å². The van der Waals surface area contributed by atoms with Crippen molar-refractivity contribution in [3.05, 3.63) is 52.5 Å². The Labute approximate surface area is 146 Å². The van der Waals surface area contributed by atoms with E-state index in [9.17, 15) is 8.42 Å². The zero-order valence-electron chi connectivity index (χ0n) is 13.4. The van der Waals surface area contributed by atoms with Crippen molar-refractivity contribution in [3.8, 4) is 0 Å². The fraction of sp³-hybridized carbons (Fsp3) is 0.471. The maximum Gasteiger partial charge on any atom is 0.153 e. The number of pyridine rings is 1. The number of fused-ring (bicyclic) bond motifs is 1. The topological polar surface area (TPSA) is 53.5 Å². The monoisotopic (exact) mass is 363 g/mol. The molecule has 4 heterocycles. The van der Waals surface area contributed by atoms with Crippen molar-refractivity contribution in [2.24, 2.45) is 0 Å². The highest BCUT2D eigenvalue weighted by Crippen LogP contribution is 2.29. The van der Waals surface area contributed by atoms with Gasteiger partial charge in [-0.2, -0.15) is 11.3 Å². The molecule has 0 unspecified atom stereocenters. The molecule has 0 amide bonds. The van der Waals surface area contributed by atoms with E-state index in [2.05, 4.69) is 37.7 Å². The van der Waals surface area contributed by atoms with Crippen LogP contribution < -0.4 is 0 Å². The highest BCUT2D eigenvalue weighted by Gasteiger charge is 2.46. The summed E-state index contributed by atoms with van der Waals surface area (Å²) in [6, 6.07) is 6.31. The Balaban J connectivity index is 1.53. The smallest absolute Gasteiger partial charge is 0.153 e. The first-order chi connectivity index (χ1) is 11.6. The van der Waals surface area contributed by atoms with Gasteiger partial charge in [0.05, 0.1) is 11.5 Å². The first-order valence-electron chi connectivity index (χ1n) is 8.19. The second kappa shape index (κ2) is 6.55. The summed E-state index contributed by atoms with van der Waals surface area (Å²) in [5.74, 6) is 0.559. The third kappa shape index (κ3) is 3.39. The average Bonchev–Trinajstić information content (AvgIpc) is 3.17. The third-order valence-electron chi connectivity index (χ3n) is 4.98. The van der Waals surface area contributed by atoms with Crippen LogP contribution in [0.1, 0.15) is 11.1 Å². The van der Waals surface area contributed by atoms with Crippen LogP contribution in [-0.4, -0.2) is 59.9 Å². The van der Waals surface area contributed by atoms with Crippen LogP contribution in [0.15, 0.2) is 41.4 Å². The molecule has 24 heavy (non-hydrogen) atoms. The standard InChI is InChI=1S/C17H21N3O2S2/c21-24(22)12-16-17(13-24)20(10-15-3-7-23-11-15)6-5-19(16)9-14-2-1-4-18-8-14/h1-4,7-8,11,16-17H,5-6,9-10,12-13H2/t16-,17+/m0/s1. The van der Waals surface area contributed by atoms with Gasteiger partial charge in [-0.15, -0.1) is 0 Å². The molecular weight excluding hydrogens is 342 g/mol. The van der Waals surface area contributed by atoms with E-state index in [0.717, 1.165) is 31.7 Å². The van der Waals surface area contributed by atoms with E-state index in [0.29, 0.717) is 0 Å². The number of piperazine rings is 1. The summed E-state index contributed by atoms with van der Waals surface area (Å²) >= 11 is 1.69. The zero-order chi connectivity index (χ0) is 16.6. The molecule has 2 fully saturated rings. The molecule has 0 aromatic carbocycles. The Morgan fingerprint density at radius 3 is 2.38 bits per heavy atom. The number of aromatic nitrogens is 1. The number of rotatable bonds is 4. The molecule has 2 aromatic heterocycles. The molecule has 7 heteroatoms. The average molecular weight is 364 g/mol. The predicted octanol–water partition coefficient (Wildman–Crippen LogP) is 1.63. The van der Waals surface area contributed by atoms with Crippen molar-refractivity contribution in [1.29, 1.82) is 0 Å². The number of thiophene rings is 1. The molecule has 128 valence electrons. The molecule has 2 aromatic rings. The zero-order valence-corrected chi connectivity index (χ0v) is 15.0. The molecule has 2 atom stereocenters. The van der Waals surface area contributed by atoms with Crippen LogP contribution in [0.2, 0.25) is 0 Å². The SMILES string of the molecule is O=S1(=O)C[C@@H]2[C@H](C1)N(Cc1cccnc1)CCN2Cc1ccsc1. The lowest BCUT2D eigenvalue weighted by molar-refractivity contribution is 0.0355.